The van der Waals surface area contributed by atoms with Crippen LogP contribution in [0, 0.1) is 0 Å². The summed E-state index contributed by atoms with van der Waals surface area (Å²) in [5, 5.41) is 11.1. The van der Waals surface area contributed by atoms with Gasteiger partial charge in [0.05, 0.1) is 31.6 Å². The fraction of sp³-hybridized carbons (Fsp3) is 0.154. The zero-order chi connectivity index (χ0) is 13.9. The van der Waals surface area contributed by atoms with E-state index in [1.54, 1.807) is 26.5 Å². The third kappa shape index (κ3) is 2.20. The van der Waals surface area contributed by atoms with E-state index in [2.05, 4.69) is 25.5 Å². The van der Waals surface area contributed by atoms with Gasteiger partial charge in [-0.2, -0.15) is 5.10 Å². The lowest BCUT2D eigenvalue weighted by molar-refractivity contribution is 0.397. The number of anilines is 2. The molecule has 7 heteroatoms. The van der Waals surface area contributed by atoms with E-state index in [-0.39, 0.29) is 0 Å². The van der Waals surface area contributed by atoms with Crippen LogP contribution in [0.15, 0.2) is 30.7 Å². The molecule has 0 bridgehead atoms. The first-order chi connectivity index (χ1) is 9.80. The number of aromatic amines is 1. The van der Waals surface area contributed by atoms with Crippen molar-refractivity contribution in [3.8, 4) is 11.6 Å². The molecule has 1 aromatic carbocycles. The number of rotatable bonds is 4. The monoisotopic (exact) mass is 271 g/mol. The van der Waals surface area contributed by atoms with Crippen molar-refractivity contribution >= 4 is 22.4 Å². The van der Waals surface area contributed by atoms with E-state index in [1.165, 1.54) is 6.33 Å². The molecule has 0 aliphatic heterocycles. The molecule has 0 saturated carbocycles. The van der Waals surface area contributed by atoms with Crippen LogP contribution < -0.4 is 14.8 Å². The minimum absolute atomic E-state index is 0.492. The van der Waals surface area contributed by atoms with Gasteiger partial charge < -0.3 is 14.8 Å². The molecule has 7 nitrogen and oxygen atoms in total. The van der Waals surface area contributed by atoms with E-state index in [0.717, 1.165) is 16.6 Å². The predicted molar refractivity (Wildman–Crippen MR) is 74.5 cm³/mol. The van der Waals surface area contributed by atoms with E-state index >= 15 is 0 Å². The highest BCUT2D eigenvalue weighted by molar-refractivity contribution is 5.86. The Morgan fingerprint density at radius 3 is 2.80 bits per heavy atom. The quantitative estimate of drug-likeness (QED) is 0.756. The van der Waals surface area contributed by atoms with Crippen LogP contribution in [0.4, 0.5) is 11.5 Å². The second-order valence-electron chi connectivity index (χ2n) is 4.08. The Bertz CT molecular complexity index is 740. The predicted octanol–water partition coefficient (Wildman–Crippen LogP) is 2.11. The van der Waals surface area contributed by atoms with E-state index in [9.17, 15) is 0 Å². The summed E-state index contributed by atoms with van der Waals surface area (Å²) < 4.78 is 10.4. The van der Waals surface area contributed by atoms with Crippen LogP contribution in [0.2, 0.25) is 0 Å². The van der Waals surface area contributed by atoms with Gasteiger partial charge >= 0.3 is 0 Å². The molecule has 0 amide bonds. The first kappa shape index (κ1) is 12.2. The summed E-state index contributed by atoms with van der Waals surface area (Å²) in [6.07, 6.45) is 3.19. The topological polar surface area (TPSA) is 85.0 Å². The maximum Gasteiger partial charge on any atom is 0.218 e. The Labute approximate surface area is 115 Å². The van der Waals surface area contributed by atoms with Crippen LogP contribution in [0.5, 0.6) is 11.6 Å². The second-order valence-corrected chi connectivity index (χ2v) is 4.08. The van der Waals surface area contributed by atoms with Crippen molar-refractivity contribution in [2.24, 2.45) is 0 Å². The van der Waals surface area contributed by atoms with E-state index in [4.69, 9.17) is 9.47 Å². The van der Waals surface area contributed by atoms with Crippen LogP contribution in [0.3, 0.4) is 0 Å². The number of aromatic nitrogens is 4. The van der Waals surface area contributed by atoms with Crippen molar-refractivity contribution in [2.45, 2.75) is 0 Å². The number of hydrogen-bond donors (Lipinski definition) is 2. The summed E-state index contributed by atoms with van der Waals surface area (Å²) >= 11 is 0. The zero-order valence-corrected chi connectivity index (χ0v) is 11.0. The Morgan fingerprint density at radius 2 is 2.00 bits per heavy atom. The number of nitrogens with one attached hydrogen (secondary N) is 2. The maximum atomic E-state index is 5.37. The Balaban J connectivity index is 1.99. The summed E-state index contributed by atoms with van der Waals surface area (Å²) in [5.74, 6) is 1.81. The van der Waals surface area contributed by atoms with Gasteiger partial charge in [-0.1, -0.05) is 0 Å². The molecular formula is C13H13N5O2. The molecule has 3 rings (SSSR count). The number of hydrogen-bond acceptors (Lipinski definition) is 6. The molecule has 0 atom stereocenters. The van der Waals surface area contributed by atoms with Crippen molar-refractivity contribution in [3.05, 3.63) is 30.7 Å². The second kappa shape index (κ2) is 5.04. The largest absolute Gasteiger partial charge is 0.494 e. The summed E-state index contributed by atoms with van der Waals surface area (Å²) in [5.41, 5.74) is 1.70. The molecule has 2 aromatic heterocycles. The fourth-order valence-corrected chi connectivity index (χ4v) is 1.90. The summed E-state index contributed by atoms with van der Waals surface area (Å²) in [6, 6.07) is 5.52. The highest BCUT2D eigenvalue weighted by Gasteiger charge is 2.08. The minimum atomic E-state index is 0.492. The highest BCUT2D eigenvalue weighted by atomic mass is 16.5. The first-order valence-electron chi connectivity index (χ1n) is 5.94. The zero-order valence-electron chi connectivity index (χ0n) is 11.0. The van der Waals surface area contributed by atoms with Gasteiger partial charge in [0, 0.05) is 17.5 Å². The van der Waals surface area contributed by atoms with Gasteiger partial charge in [0.15, 0.2) is 0 Å². The van der Waals surface area contributed by atoms with Crippen molar-refractivity contribution in [3.63, 3.8) is 0 Å². The molecule has 2 N–H and O–H groups in total. The number of benzene rings is 1. The Morgan fingerprint density at radius 1 is 1.10 bits per heavy atom. The standard InChI is InChI=1S/C13H13N5O2/c1-19-11-4-9-8(6-16-18-9)3-10(11)17-12-5-13(20-2)15-7-14-12/h3-7H,1-2H3,(H,16,18)(H,14,15,17). The molecule has 0 unspecified atom stereocenters. The van der Waals surface area contributed by atoms with Crippen LogP contribution in [-0.2, 0) is 0 Å². The number of ether oxygens (including phenoxy) is 2. The highest BCUT2D eigenvalue weighted by Crippen LogP contribution is 2.31. The molecule has 0 saturated heterocycles. The third-order valence-electron chi connectivity index (χ3n) is 2.87. The molecule has 0 fully saturated rings. The number of methoxy groups -OCH3 is 2. The molecule has 0 aliphatic rings. The molecule has 3 aromatic rings. The lowest BCUT2D eigenvalue weighted by Crippen LogP contribution is -1.98. The van der Waals surface area contributed by atoms with E-state index < -0.39 is 0 Å². The van der Waals surface area contributed by atoms with Gasteiger partial charge in [-0.15, -0.1) is 0 Å². The molecule has 20 heavy (non-hydrogen) atoms. The van der Waals surface area contributed by atoms with Crippen molar-refractivity contribution in [1.82, 2.24) is 20.2 Å². The molecule has 0 spiro atoms. The normalized spacial score (nSPS) is 10.5. The lowest BCUT2D eigenvalue weighted by atomic mass is 10.2. The molecule has 2 heterocycles. The van der Waals surface area contributed by atoms with Gasteiger partial charge in [-0.3, -0.25) is 5.10 Å². The van der Waals surface area contributed by atoms with E-state index in [1.807, 2.05) is 12.1 Å². The summed E-state index contributed by atoms with van der Waals surface area (Å²) in [6.45, 7) is 0. The van der Waals surface area contributed by atoms with Crippen molar-refractivity contribution < 1.29 is 9.47 Å². The first-order valence-corrected chi connectivity index (χ1v) is 5.94. The number of fused-ring (bicyclic) bond motifs is 1. The SMILES string of the molecule is COc1cc(Nc2cc3cn[nH]c3cc2OC)ncn1. The van der Waals surface area contributed by atoms with Crippen LogP contribution in [0.1, 0.15) is 0 Å². The lowest BCUT2D eigenvalue weighted by Gasteiger charge is -2.11. The third-order valence-corrected chi connectivity index (χ3v) is 2.87. The van der Waals surface area contributed by atoms with Gasteiger partial charge in [-0.25, -0.2) is 9.97 Å². The minimum Gasteiger partial charge on any atom is -0.494 e. The average Bonchev–Trinajstić information content (AvgIpc) is 2.93. The summed E-state index contributed by atoms with van der Waals surface area (Å²) in [4.78, 5) is 8.11. The molecule has 0 radical (unpaired) electrons. The van der Waals surface area contributed by atoms with Gasteiger partial charge in [0.2, 0.25) is 5.88 Å². The van der Waals surface area contributed by atoms with Gasteiger partial charge in [0.1, 0.15) is 17.9 Å². The van der Waals surface area contributed by atoms with Gasteiger partial charge in [0.25, 0.3) is 0 Å². The number of H-pyrrole nitrogens is 1. The smallest absolute Gasteiger partial charge is 0.218 e. The Kier molecular flexibility index (Phi) is 3.08. The Hall–Kier alpha value is -2.83. The molecule has 0 aliphatic carbocycles. The average molecular weight is 271 g/mol. The van der Waals surface area contributed by atoms with Crippen LogP contribution in [0.25, 0.3) is 10.9 Å². The summed E-state index contributed by atoms with van der Waals surface area (Å²) in [7, 11) is 3.17. The van der Waals surface area contributed by atoms with E-state index in [0.29, 0.717) is 17.4 Å². The van der Waals surface area contributed by atoms with Crippen molar-refractivity contribution in [2.75, 3.05) is 19.5 Å². The maximum absolute atomic E-state index is 5.37. The van der Waals surface area contributed by atoms with Crippen LogP contribution >= 0.6 is 0 Å². The van der Waals surface area contributed by atoms with Crippen LogP contribution in [-0.4, -0.2) is 34.4 Å². The molecule has 102 valence electrons. The van der Waals surface area contributed by atoms with Crippen molar-refractivity contribution in [1.29, 1.82) is 0 Å². The van der Waals surface area contributed by atoms with Gasteiger partial charge in [-0.05, 0) is 6.07 Å². The number of nitrogens with zero attached hydrogens (tertiary/aromatic N) is 3. The molecular weight excluding hydrogens is 258 g/mol. The fourth-order valence-electron chi connectivity index (χ4n) is 1.90.